The number of nitrogens with one attached hydrogen (secondary N) is 1. The minimum atomic E-state index is -4.29. The minimum absolute atomic E-state index is 0.00629. The minimum Gasteiger partial charge on any atom is -0.495 e. The van der Waals surface area contributed by atoms with Crippen LogP contribution in [-0.2, 0) is 32.6 Å². The first-order valence-electron chi connectivity index (χ1n) is 15.2. The van der Waals surface area contributed by atoms with Crippen molar-refractivity contribution in [2.75, 3.05) is 24.5 Å². The average Bonchev–Trinajstić information content (AvgIpc) is 3.06. The van der Waals surface area contributed by atoms with Crippen LogP contribution in [0.25, 0.3) is 0 Å². The third-order valence-corrected chi connectivity index (χ3v) is 9.56. The molecule has 0 bridgehead atoms. The standard InChI is InChI=1S/C36H40ClN3O5S/c1-4-5-21-38-36(42)33(23-28-14-8-6-9-15-28)39(25-29-16-12-13-27(2)22-29)35(41)26-40(32-24-30(37)19-20-34(32)45-3)46(43,44)31-17-10-7-11-18-31/h6-20,22,24,33H,4-5,21,23,25-26H2,1-3H3,(H,38,42). The third kappa shape index (κ3) is 8.89. The van der Waals surface area contributed by atoms with Crippen LogP contribution in [0.15, 0.2) is 108 Å². The molecule has 1 N–H and O–H groups in total. The van der Waals surface area contributed by atoms with Crippen LogP contribution in [0, 0.1) is 6.92 Å². The molecule has 0 saturated heterocycles. The van der Waals surface area contributed by atoms with Crippen molar-refractivity contribution < 1.29 is 22.7 Å². The van der Waals surface area contributed by atoms with E-state index in [1.165, 1.54) is 30.2 Å². The Hall–Kier alpha value is -4.34. The first kappa shape index (κ1) is 34.5. The van der Waals surface area contributed by atoms with Gasteiger partial charge in [-0.25, -0.2) is 8.42 Å². The van der Waals surface area contributed by atoms with Gasteiger partial charge in [0.25, 0.3) is 10.0 Å². The number of sulfonamides is 1. The van der Waals surface area contributed by atoms with Gasteiger partial charge in [0.1, 0.15) is 18.3 Å². The highest BCUT2D eigenvalue weighted by Gasteiger charge is 2.35. The predicted octanol–water partition coefficient (Wildman–Crippen LogP) is 6.41. The molecule has 46 heavy (non-hydrogen) atoms. The fourth-order valence-corrected chi connectivity index (χ4v) is 6.76. The summed E-state index contributed by atoms with van der Waals surface area (Å²) in [6, 6.07) is 28.7. The van der Waals surface area contributed by atoms with Crippen LogP contribution in [0.4, 0.5) is 5.69 Å². The fraction of sp³-hybridized carbons (Fsp3) is 0.278. The topological polar surface area (TPSA) is 96.0 Å². The third-order valence-electron chi connectivity index (χ3n) is 7.56. The van der Waals surface area contributed by atoms with Crippen LogP contribution in [0.3, 0.4) is 0 Å². The molecule has 2 amide bonds. The highest BCUT2D eigenvalue weighted by molar-refractivity contribution is 7.92. The van der Waals surface area contributed by atoms with E-state index in [-0.39, 0.29) is 40.2 Å². The van der Waals surface area contributed by atoms with Crippen molar-refractivity contribution in [3.63, 3.8) is 0 Å². The van der Waals surface area contributed by atoms with Crippen LogP contribution in [0.2, 0.25) is 5.02 Å². The Balaban J connectivity index is 1.83. The summed E-state index contributed by atoms with van der Waals surface area (Å²) < 4.78 is 35.0. The van der Waals surface area contributed by atoms with E-state index in [1.54, 1.807) is 30.3 Å². The maximum Gasteiger partial charge on any atom is 0.264 e. The van der Waals surface area contributed by atoms with Crippen LogP contribution in [0.1, 0.15) is 36.5 Å². The van der Waals surface area contributed by atoms with Gasteiger partial charge in [-0.2, -0.15) is 0 Å². The van der Waals surface area contributed by atoms with Crippen LogP contribution >= 0.6 is 11.6 Å². The van der Waals surface area contributed by atoms with Crippen molar-refractivity contribution in [2.24, 2.45) is 0 Å². The molecular weight excluding hydrogens is 622 g/mol. The number of methoxy groups -OCH3 is 1. The maximum atomic E-state index is 14.6. The number of ether oxygens (including phenoxy) is 1. The summed E-state index contributed by atoms with van der Waals surface area (Å²) in [6.45, 7) is 3.93. The number of amides is 2. The number of aryl methyl sites for hydroxylation is 1. The smallest absolute Gasteiger partial charge is 0.264 e. The molecule has 0 aromatic heterocycles. The second kappa shape index (κ2) is 16.3. The number of benzene rings is 4. The number of hydrogen-bond acceptors (Lipinski definition) is 5. The van der Waals surface area contributed by atoms with Gasteiger partial charge in [-0.05, 0) is 54.8 Å². The van der Waals surface area contributed by atoms with Crippen molar-refractivity contribution in [2.45, 2.75) is 50.6 Å². The van der Waals surface area contributed by atoms with Crippen molar-refractivity contribution in [3.8, 4) is 5.75 Å². The second-order valence-corrected chi connectivity index (χ2v) is 13.3. The first-order chi connectivity index (χ1) is 22.1. The summed E-state index contributed by atoms with van der Waals surface area (Å²) in [5, 5.41) is 3.27. The number of carbonyl (C=O) groups excluding carboxylic acids is 2. The van der Waals surface area contributed by atoms with E-state index < -0.39 is 28.5 Å². The highest BCUT2D eigenvalue weighted by atomic mass is 35.5. The lowest BCUT2D eigenvalue weighted by Gasteiger charge is -2.34. The molecule has 8 nitrogen and oxygen atoms in total. The molecule has 4 aromatic rings. The number of unbranched alkanes of at least 4 members (excludes halogenated alkanes) is 1. The van der Waals surface area contributed by atoms with Gasteiger partial charge < -0.3 is 15.0 Å². The van der Waals surface area contributed by atoms with Gasteiger partial charge in [0.15, 0.2) is 0 Å². The Labute approximate surface area is 277 Å². The first-order valence-corrected chi connectivity index (χ1v) is 17.0. The van der Waals surface area contributed by atoms with Gasteiger partial charge in [-0.1, -0.05) is 103 Å². The molecule has 0 saturated carbocycles. The van der Waals surface area contributed by atoms with Crippen molar-refractivity contribution in [3.05, 3.63) is 125 Å². The van der Waals surface area contributed by atoms with E-state index in [0.29, 0.717) is 6.54 Å². The quantitative estimate of drug-likeness (QED) is 0.149. The molecule has 10 heteroatoms. The molecule has 1 unspecified atom stereocenters. The molecule has 0 aliphatic heterocycles. The van der Waals surface area contributed by atoms with Gasteiger partial charge in [-0.3, -0.25) is 13.9 Å². The van der Waals surface area contributed by atoms with Crippen molar-refractivity contribution >= 4 is 39.1 Å². The fourth-order valence-electron chi connectivity index (χ4n) is 5.16. The number of hydrogen-bond donors (Lipinski definition) is 1. The molecule has 242 valence electrons. The Morgan fingerprint density at radius 3 is 2.22 bits per heavy atom. The van der Waals surface area contributed by atoms with Crippen molar-refractivity contribution in [1.29, 1.82) is 0 Å². The zero-order chi connectivity index (χ0) is 33.1. The largest absolute Gasteiger partial charge is 0.495 e. The lowest BCUT2D eigenvalue weighted by Crippen LogP contribution is -2.53. The Morgan fingerprint density at radius 2 is 1.57 bits per heavy atom. The van der Waals surface area contributed by atoms with Crippen LogP contribution in [-0.4, -0.2) is 51.4 Å². The Morgan fingerprint density at radius 1 is 0.891 bits per heavy atom. The van der Waals surface area contributed by atoms with E-state index >= 15 is 0 Å². The lowest BCUT2D eigenvalue weighted by atomic mass is 10.0. The molecule has 0 radical (unpaired) electrons. The SMILES string of the molecule is CCCCNC(=O)C(Cc1ccccc1)N(Cc1cccc(C)c1)C(=O)CN(c1cc(Cl)ccc1OC)S(=O)(=O)c1ccccc1. The monoisotopic (exact) mass is 661 g/mol. The number of nitrogens with zero attached hydrogens (tertiary/aromatic N) is 2. The average molecular weight is 662 g/mol. The summed E-state index contributed by atoms with van der Waals surface area (Å²) in [7, 11) is -2.87. The molecule has 0 heterocycles. The maximum absolute atomic E-state index is 14.6. The van der Waals surface area contributed by atoms with Crippen molar-refractivity contribution in [1.82, 2.24) is 10.2 Å². The molecular formula is C36H40ClN3O5S. The summed E-state index contributed by atoms with van der Waals surface area (Å²) in [4.78, 5) is 30.0. The zero-order valence-corrected chi connectivity index (χ0v) is 27.9. The van der Waals surface area contributed by atoms with Gasteiger partial charge >= 0.3 is 0 Å². The predicted molar refractivity (Wildman–Crippen MR) is 183 cm³/mol. The highest BCUT2D eigenvalue weighted by Crippen LogP contribution is 2.35. The molecule has 4 rings (SSSR count). The molecule has 0 aliphatic rings. The van der Waals surface area contributed by atoms with E-state index in [0.717, 1.165) is 33.8 Å². The summed E-state index contributed by atoms with van der Waals surface area (Å²) in [6.07, 6.45) is 1.92. The summed E-state index contributed by atoms with van der Waals surface area (Å²) in [5.74, 6) is -0.647. The molecule has 0 fully saturated rings. The number of halogens is 1. The van der Waals surface area contributed by atoms with Crippen LogP contribution < -0.4 is 14.4 Å². The molecule has 4 aromatic carbocycles. The normalized spacial score (nSPS) is 11.8. The van der Waals surface area contributed by atoms with Gasteiger partial charge in [0, 0.05) is 24.5 Å². The van der Waals surface area contributed by atoms with E-state index in [1.807, 2.05) is 68.4 Å². The number of carbonyl (C=O) groups is 2. The summed E-state index contributed by atoms with van der Waals surface area (Å²) in [5.41, 5.74) is 2.78. The Bertz CT molecular complexity index is 1720. The molecule has 0 spiro atoms. The van der Waals surface area contributed by atoms with Crippen LogP contribution in [0.5, 0.6) is 5.75 Å². The molecule has 1 atom stereocenters. The Kier molecular flexibility index (Phi) is 12.2. The van der Waals surface area contributed by atoms with E-state index in [4.69, 9.17) is 16.3 Å². The second-order valence-electron chi connectivity index (χ2n) is 11.0. The van der Waals surface area contributed by atoms with E-state index in [9.17, 15) is 18.0 Å². The number of rotatable bonds is 15. The van der Waals surface area contributed by atoms with E-state index in [2.05, 4.69) is 5.32 Å². The van der Waals surface area contributed by atoms with Gasteiger partial charge in [0.2, 0.25) is 11.8 Å². The van der Waals surface area contributed by atoms with Gasteiger partial charge in [0.05, 0.1) is 17.7 Å². The number of anilines is 1. The summed E-state index contributed by atoms with van der Waals surface area (Å²) >= 11 is 6.35. The molecule has 0 aliphatic carbocycles. The lowest BCUT2D eigenvalue weighted by molar-refractivity contribution is -0.140. The van der Waals surface area contributed by atoms with Gasteiger partial charge in [-0.15, -0.1) is 0 Å². The zero-order valence-electron chi connectivity index (χ0n) is 26.4.